The summed E-state index contributed by atoms with van der Waals surface area (Å²) >= 11 is 1.54. The fourth-order valence-electron chi connectivity index (χ4n) is 2.06. The van der Waals surface area contributed by atoms with Gasteiger partial charge in [-0.2, -0.15) is 0 Å². The van der Waals surface area contributed by atoms with Crippen molar-refractivity contribution in [3.63, 3.8) is 0 Å². The van der Waals surface area contributed by atoms with Gasteiger partial charge in [-0.1, -0.05) is 30.3 Å². The Balaban J connectivity index is 2.18. The molecule has 1 aromatic heterocycles. The molecular formula is C16H12N2OS. The number of benzene rings is 2. The number of aromatic nitrogens is 1. The van der Waals surface area contributed by atoms with Crippen LogP contribution >= 0.6 is 11.3 Å². The number of hydrogen-bond acceptors (Lipinski definition) is 3. The number of amides is 1. The minimum absolute atomic E-state index is 0.430. The molecule has 20 heavy (non-hydrogen) atoms. The number of hydrogen-bond donors (Lipinski definition) is 1. The molecule has 0 saturated carbocycles. The first-order valence-electron chi connectivity index (χ1n) is 6.14. The highest BCUT2D eigenvalue weighted by Gasteiger charge is 2.09. The van der Waals surface area contributed by atoms with Gasteiger partial charge in [0.1, 0.15) is 5.01 Å². The standard InChI is InChI=1S/C16H12N2OS/c17-15(19)13-8-12(11-4-2-1-3-5-11)9-14(10-13)16-18-6-7-20-16/h1-10H,(H2,17,19). The van der Waals surface area contributed by atoms with Crippen molar-refractivity contribution >= 4 is 17.2 Å². The van der Waals surface area contributed by atoms with Gasteiger partial charge < -0.3 is 5.73 Å². The van der Waals surface area contributed by atoms with E-state index in [0.717, 1.165) is 21.7 Å². The third-order valence-electron chi connectivity index (χ3n) is 3.00. The summed E-state index contributed by atoms with van der Waals surface area (Å²) in [6.07, 6.45) is 1.75. The van der Waals surface area contributed by atoms with Gasteiger partial charge in [-0.25, -0.2) is 4.98 Å². The lowest BCUT2D eigenvalue weighted by Gasteiger charge is -2.07. The lowest BCUT2D eigenvalue weighted by Crippen LogP contribution is -2.11. The second-order valence-electron chi connectivity index (χ2n) is 4.37. The Morgan fingerprint density at radius 1 is 1.00 bits per heavy atom. The van der Waals surface area contributed by atoms with Crippen LogP contribution in [0.2, 0.25) is 0 Å². The molecule has 0 aliphatic rings. The molecule has 0 radical (unpaired) electrons. The minimum atomic E-state index is -0.430. The third-order valence-corrected chi connectivity index (χ3v) is 3.83. The Morgan fingerprint density at radius 2 is 1.75 bits per heavy atom. The van der Waals surface area contributed by atoms with Crippen molar-refractivity contribution in [3.8, 4) is 21.7 Å². The molecule has 0 bridgehead atoms. The van der Waals surface area contributed by atoms with Crippen LogP contribution in [0.4, 0.5) is 0 Å². The van der Waals surface area contributed by atoms with Gasteiger partial charge >= 0.3 is 0 Å². The normalized spacial score (nSPS) is 10.4. The Hall–Kier alpha value is -2.46. The summed E-state index contributed by atoms with van der Waals surface area (Å²) in [5.41, 5.74) is 8.85. The molecule has 2 N–H and O–H groups in total. The number of primary amides is 1. The van der Waals surface area contributed by atoms with Gasteiger partial charge in [-0.3, -0.25) is 4.79 Å². The maximum Gasteiger partial charge on any atom is 0.248 e. The van der Waals surface area contributed by atoms with Crippen LogP contribution in [0.3, 0.4) is 0 Å². The highest BCUT2D eigenvalue weighted by atomic mass is 32.1. The lowest BCUT2D eigenvalue weighted by atomic mass is 9.99. The third kappa shape index (κ3) is 2.46. The highest BCUT2D eigenvalue weighted by molar-refractivity contribution is 7.13. The molecule has 0 atom stereocenters. The van der Waals surface area contributed by atoms with E-state index in [1.807, 2.05) is 47.8 Å². The summed E-state index contributed by atoms with van der Waals surface area (Å²) in [6.45, 7) is 0. The number of carbonyl (C=O) groups excluding carboxylic acids is 1. The average molecular weight is 280 g/mol. The molecule has 0 saturated heterocycles. The largest absolute Gasteiger partial charge is 0.366 e. The SMILES string of the molecule is NC(=O)c1cc(-c2ccccc2)cc(-c2nccs2)c1. The van der Waals surface area contributed by atoms with Crippen LogP contribution in [0.1, 0.15) is 10.4 Å². The minimum Gasteiger partial charge on any atom is -0.366 e. The van der Waals surface area contributed by atoms with Crippen molar-refractivity contribution in [3.05, 3.63) is 65.7 Å². The van der Waals surface area contributed by atoms with E-state index in [1.165, 1.54) is 11.3 Å². The highest BCUT2D eigenvalue weighted by Crippen LogP contribution is 2.29. The van der Waals surface area contributed by atoms with Crippen LogP contribution in [-0.2, 0) is 0 Å². The number of rotatable bonds is 3. The Bertz CT molecular complexity index is 736. The fourth-order valence-corrected chi connectivity index (χ4v) is 2.68. The lowest BCUT2D eigenvalue weighted by molar-refractivity contribution is 0.100. The van der Waals surface area contributed by atoms with Gasteiger partial charge in [0.25, 0.3) is 0 Å². The van der Waals surface area contributed by atoms with E-state index in [1.54, 1.807) is 12.3 Å². The summed E-state index contributed by atoms with van der Waals surface area (Å²) in [5.74, 6) is -0.430. The van der Waals surface area contributed by atoms with E-state index < -0.39 is 5.91 Å². The Labute approximate surface area is 120 Å². The Morgan fingerprint density at radius 3 is 2.40 bits per heavy atom. The predicted octanol–water partition coefficient (Wildman–Crippen LogP) is 3.58. The molecule has 0 spiro atoms. The summed E-state index contributed by atoms with van der Waals surface area (Å²) in [4.78, 5) is 15.8. The molecule has 0 fully saturated rings. The fraction of sp³-hybridized carbons (Fsp3) is 0. The van der Waals surface area contributed by atoms with Gasteiger partial charge in [0.05, 0.1) is 0 Å². The molecule has 3 nitrogen and oxygen atoms in total. The number of nitrogens with zero attached hydrogens (tertiary/aromatic N) is 1. The van der Waals surface area contributed by atoms with Crippen LogP contribution in [0, 0.1) is 0 Å². The van der Waals surface area contributed by atoms with Crippen molar-refractivity contribution in [1.82, 2.24) is 4.98 Å². The van der Waals surface area contributed by atoms with E-state index in [-0.39, 0.29) is 0 Å². The van der Waals surface area contributed by atoms with E-state index in [9.17, 15) is 4.79 Å². The number of carbonyl (C=O) groups is 1. The van der Waals surface area contributed by atoms with Gasteiger partial charge in [0, 0.05) is 22.7 Å². The molecule has 0 aliphatic heterocycles. The number of nitrogens with two attached hydrogens (primary N) is 1. The molecule has 4 heteroatoms. The maximum atomic E-state index is 11.5. The summed E-state index contributed by atoms with van der Waals surface area (Å²) in [7, 11) is 0. The van der Waals surface area contributed by atoms with E-state index in [0.29, 0.717) is 5.56 Å². The van der Waals surface area contributed by atoms with Gasteiger partial charge in [-0.05, 0) is 29.3 Å². The molecule has 2 aromatic carbocycles. The van der Waals surface area contributed by atoms with Crippen LogP contribution < -0.4 is 5.73 Å². The quantitative estimate of drug-likeness (QED) is 0.797. The summed E-state index contributed by atoms with van der Waals surface area (Å²) < 4.78 is 0. The van der Waals surface area contributed by atoms with Gasteiger partial charge in [0.2, 0.25) is 5.91 Å². The first-order valence-corrected chi connectivity index (χ1v) is 7.02. The zero-order valence-electron chi connectivity index (χ0n) is 10.6. The van der Waals surface area contributed by atoms with E-state index in [2.05, 4.69) is 4.98 Å². The van der Waals surface area contributed by atoms with Crippen molar-refractivity contribution < 1.29 is 4.79 Å². The predicted molar refractivity (Wildman–Crippen MR) is 81.5 cm³/mol. The molecule has 3 rings (SSSR count). The monoisotopic (exact) mass is 280 g/mol. The topological polar surface area (TPSA) is 56.0 Å². The van der Waals surface area contributed by atoms with Crippen molar-refractivity contribution in [2.24, 2.45) is 5.73 Å². The first-order chi connectivity index (χ1) is 9.74. The van der Waals surface area contributed by atoms with E-state index >= 15 is 0 Å². The molecule has 98 valence electrons. The zero-order chi connectivity index (χ0) is 13.9. The van der Waals surface area contributed by atoms with Gasteiger partial charge in [0.15, 0.2) is 0 Å². The molecule has 0 unspecified atom stereocenters. The van der Waals surface area contributed by atoms with Crippen LogP contribution in [-0.4, -0.2) is 10.9 Å². The van der Waals surface area contributed by atoms with Crippen molar-refractivity contribution in [1.29, 1.82) is 0 Å². The van der Waals surface area contributed by atoms with E-state index in [4.69, 9.17) is 5.73 Å². The van der Waals surface area contributed by atoms with Crippen LogP contribution in [0.5, 0.6) is 0 Å². The molecule has 1 heterocycles. The zero-order valence-corrected chi connectivity index (χ0v) is 11.4. The van der Waals surface area contributed by atoms with Crippen molar-refractivity contribution in [2.75, 3.05) is 0 Å². The smallest absolute Gasteiger partial charge is 0.248 e. The summed E-state index contributed by atoms with van der Waals surface area (Å²) in [5, 5.41) is 2.79. The average Bonchev–Trinajstić information content (AvgIpc) is 3.02. The Kier molecular flexibility index (Phi) is 3.31. The first kappa shape index (κ1) is 12.6. The maximum absolute atomic E-state index is 11.5. The molecular weight excluding hydrogens is 268 g/mol. The van der Waals surface area contributed by atoms with Crippen molar-refractivity contribution in [2.45, 2.75) is 0 Å². The second-order valence-corrected chi connectivity index (χ2v) is 5.26. The van der Waals surface area contributed by atoms with Crippen LogP contribution in [0.15, 0.2) is 60.1 Å². The molecule has 3 aromatic rings. The second kappa shape index (κ2) is 5.27. The molecule has 1 amide bonds. The molecule has 0 aliphatic carbocycles. The van der Waals surface area contributed by atoms with Gasteiger partial charge in [-0.15, -0.1) is 11.3 Å². The summed E-state index contributed by atoms with van der Waals surface area (Å²) in [6, 6.07) is 15.5. The number of thiazole rings is 1. The van der Waals surface area contributed by atoms with Crippen LogP contribution in [0.25, 0.3) is 21.7 Å².